The van der Waals surface area contributed by atoms with Gasteiger partial charge in [0.1, 0.15) is 0 Å². The van der Waals surface area contributed by atoms with E-state index in [-0.39, 0.29) is 30.0 Å². The lowest BCUT2D eigenvalue weighted by atomic mass is 10.3. The number of rotatable bonds is 6. The molecule has 0 aromatic rings. The maximum absolute atomic E-state index is 11.5. The molecule has 0 bridgehead atoms. The van der Waals surface area contributed by atoms with Crippen molar-refractivity contribution in [2.75, 3.05) is 44.3 Å². The van der Waals surface area contributed by atoms with Crippen LogP contribution < -0.4 is 5.73 Å². The number of sulfone groups is 1. The molecule has 1 saturated heterocycles. The van der Waals surface area contributed by atoms with E-state index in [0.29, 0.717) is 26.1 Å². The topological polar surface area (TPSA) is 72.6 Å². The molecule has 7 heteroatoms. The molecule has 1 fully saturated rings. The van der Waals surface area contributed by atoms with Crippen molar-refractivity contribution in [3.05, 3.63) is 0 Å². The Hall–Kier alpha value is 0.120. The summed E-state index contributed by atoms with van der Waals surface area (Å²) < 4.78 is 28.5. The number of nitrogens with zero attached hydrogens (tertiary/aromatic N) is 1. The largest absolute Gasteiger partial charge is 0.374 e. The van der Waals surface area contributed by atoms with E-state index in [1.165, 1.54) is 0 Å². The molecule has 1 atom stereocenters. The monoisotopic (exact) mass is 286 g/mol. The van der Waals surface area contributed by atoms with Crippen molar-refractivity contribution in [2.45, 2.75) is 19.4 Å². The molecule has 0 aromatic heterocycles. The Balaban J connectivity index is 0.00000256. The molecule has 0 amide bonds. The molecular weight excluding hydrogens is 264 g/mol. The van der Waals surface area contributed by atoms with Crippen molar-refractivity contribution in [3.8, 4) is 0 Å². The molecule has 0 saturated carbocycles. The lowest BCUT2D eigenvalue weighted by Crippen LogP contribution is -2.47. The van der Waals surface area contributed by atoms with Crippen LogP contribution in [0.2, 0.25) is 0 Å². The number of nitrogens with two attached hydrogens (primary N) is 1. The average Bonchev–Trinajstić information content (AvgIpc) is 2.27. The summed E-state index contributed by atoms with van der Waals surface area (Å²) in [6.07, 6.45) is 0.749. The van der Waals surface area contributed by atoms with Gasteiger partial charge in [-0.25, -0.2) is 8.42 Å². The second-order valence-corrected chi connectivity index (χ2v) is 6.48. The van der Waals surface area contributed by atoms with Crippen molar-refractivity contribution in [1.82, 2.24) is 4.90 Å². The van der Waals surface area contributed by atoms with Gasteiger partial charge in [0.15, 0.2) is 9.84 Å². The number of hydrogen-bond acceptors (Lipinski definition) is 5. The molecule has 0 radical (unpaired) electrons. The summed E-state index contributed by atoms with van der Waals surface area (Å²) in [7, 11) is -2.87. The summed E-state index contributed by atoms with van der Waals surface area (Å²) in [5, 5.41) is 0. The fourth-order valence-corrected chi connectivity index (χ4v) is 3.17. The van der Waals surface area contributed by atoms with Crippen LogP contribution in [0.3, 0.4) is 0 Å². The molecule has 1 aliphatic rings. The van der Waals surface area contributed by atoms with Gasteiger partial charge in [-0.3, -0.25) is 4.90 Å². The van der Waals surface area contributed by atoms with Gasteiger partial charge in [0.05, 0.1) is 18.5 Å². The lowest BCUT2D eigenvalue weighted by molar-refractivity contribution is -0.0209. The zero-order valence-corrected chi connectivity index (χ0v) is 11.9. The molecule has 17 heavy (non-hydrogen) atoms. The van der Waals surface area contributed by atoms with Crippen LogP contribution in [0.1, 0.15) is 13.3 Å². The fourth-order valence-electron chi connectivity index (χ4n) is 1.81. The molecule has 1 aliphatic heterocycles. The molecule has 1 heterocycles. The van der Waals surface area contributed by atoms with E-state index < -0.39 is 9.84 Å². The Kier molecular flexibility index (Phi) is 8.32. The highest BCUT2D eigenvalue weighted by Crippen LogP contribution is 2.04. The van der Waals surface area contributed by atoms with Gasteiger partial charge >= 0.3 is 0 Å². The van der Waals surface area contributed by atoms with Crippen LogP contribution in [0.5, 0.6) is 0 Å². The molecule has 0 spiro atoms. The Morgan fingerprint density at radius 2 is 2.12 bits per heavy atom. The first kappa shape index (κ1) is 17.1. The summed E-state index contributed by atoms with van der Waals surface area (Å²) in [6, 6.07) is 0. The average molecular weight is 287 g/mol. The van der Waals surface area contributed by atoms with Crippen LogP contribution in [0.15, 0.2) is 0 Å². The van der Waals surface area contributed by atoms with Gasteiger partial charge < -0.3 is 10.5 Å². The van der Waals surface area contributed by atoms with Crippen molar-refractivity contribution >= 4 is 22.2 Å². The maximum atomic E-state index is 11.5. The normalized spacial score (nSPS) is 22.1. The molecular formula is C10H23ClN2O3S. The highest BCUT2D eigenvalue weighted by atomic mass is 35.5. The third kappa shape index (κ3) is 6.57. The van der Waals surface area contributed by atoms with Crippen molar-refractivity contribution in [1.29, 1.82) is 0 Å². The van der Waals surface area contributed by atoms with Gasteiger partial charge in [-0.05, 0) is 6.42 Å². The predicted molar refractivity (Wildman–Crippen MR) is 71.4 cm³/mol. The minimum absolute atomic E-state index is 0. The van der Waals surface area contributed by atoms with Gasteiger partial charge in [0.25, 0.3) is 0 Å². The van der Waals surface area contributed by atoms with E-state index in [1.54, 1.807) is 0 Å². The van der Waals surface area contributed by atoms with E-state index >= 15 is 0 Å². The minimum atomic E-state index is -2.87. The summed E-state index contributed by atoms with van der Waals surface area (Å²) in [5.41, 5.74) is 5.53. The van der Waals surface area contributed by atoms with Crippen LogP contribution in [0.4, 0.5) is 0 Å². The Labute approximate surface area is 110 Å². The second kappa shape index (κ2) is 8.26. The van der Waals surface area contributed by atoms with Crippen molar-refractivity contribution < 1.29 is 13.2 Å². The lowest BCUT2D eigenvalue weighted by Gasteiger charge is -2.32. The van der Waals surface area contributed by atoms with Crippen LogP contribution in [0, 0.1) is 0 Å². The highest BCUT2D eigenvalue weighted by molar-refractivity contribution is 7.91. The Morgan fingerprint density at radius 1 is 1.41 bits per heavy atom. The first-order valence-electron chi connectivity index (χ1n) is 5.82. The molecule has 2 N–H and O–H groups in total. The third-order valence-electron chi connectivity index (χ3n) is 2.72. The zero-order valence-electron chi connectivity index (χ0n) is 10.3. The van der Waals surface area contributed by atoms with E-state index in [0.717, 1.165) is 13.1 Å². The molecule has 0 aromatic carbocycles. The van der Waals surface area contributed by atoms with E-state index in [2.05, 4.69) is 4.90 Å². The molecule has 1 rings (SSSR count). The fraction of sp³-hybridized carbons (Fsp3) is 1.00. The Morgan fingerprint density at radius 3 is 2.71 bits per heavy atom. The zero-order chi connectivity index (χ0) is 12.0. The van der Waals surface area contributed by atoms with Gasteiger partial charge in [0, 0.05) is 31.9 Å². The van der Waals surface area contributed by atoms with Crippen LogP contribution >= 0.6 is 12.4 Å². The van der Waals surface area contributed by atoms with E-state index in [1.807, 2.05) is 6.92 Å². The molecule has 104 valence electrons. The summed E-state index contributed by atoms with van der Waals surface area (Å²) in [5.74, 6) is 0.537. The van der Waals surface area contributed by atoms with Gasteiger partial charge in [-0.1, -0.05) is 6.92 Å². The predicted octanol–water partition coefficient (Wildman–Crippen LogP) is -0.107. The molecule has 5 nitrogen and oxygen atoms in total. The molecule has 1 unspecified atom stereocenters. The Bertz CT molecular complexity index is 298. The van der Waals surface area contributed by atoms with Crippen LogP contribution in [-0.4, -0.2) is 63.7 Å². The quantitative estimate of drug-likeness (QED) is 0.738. The standard InChI is InChI=1S/C10H22N2O3S.ClH/c1-2-6-16(13,14)7-4-12-3-5-15-10(8-11)9-12;/h10H,2-9,11H2,1H3;1H. The van der Waals surface area contributed by atoms with Gasteiger partial charge in [0.2, 0.25) is 0 Å². The van der Waals surface area contributed by atoms with Gasteiger partial charge in [-0.2, -0.15) is 0 Å². The van der Waals surface area contributed by atoms with E-state index in [4.69, 9.17) is 10.5 Å². The second-order valence-electron chi connectivity index (χ2n) is 4.18. The number of morpholine rings is 1. The smallest absolute Gasteiger partial charge is 0.151 e. The summed E-state index contributed by atoms with van der Waals surface area (Å²) in [4.78, 5) is 2.12. The number of hydrogen-bond donors (Lipinski definition) is 1. The summed E-state index contributed by atoms with van der Waals surface area (Å²) >= 11 is 0. The first-order valence-corrected chi connectivity index (χ1v) is 7.64. The number of halogens is 1. The van der Waals surface area contributed by atoms with Crippen molar-refractivity contribution in [2.24, 2.45) is 5.73 Å². The SMILES string of the molecule is CCCS(=O)(=O)CCN1CCOC(CN)C1.Cl. The maximum Gasteiger partial charge on any atom is 0.151 e. The van der Waals surface area contributed by atoms with Crippen LogP contribution in [0.25, 0.3) is 0 Å². The first-order chi connectivity index (χ1) is 7.57. The van der Waals surface area contributed by atoms with Crippen molar-refractivity contribution in [3.63, 3.8) is 0 Å². The third-order valence-corrected chi connectivity index (χ3v) is 4.55. The van der Waals surface area contributed by atoms with E-state index in [9.17, 15) is 8.42 Å². The molecule has 0 aliphatic carbocycles. The van der Waals surface area contributed by atoms with Crippen LogP contribution in [-0.2, 0) is 14.6 Å². The minimum Gasteiger partial charge on any atom is -0.374 e. The summed E-state index contributed by atoms with van der Waals surface area (Å²) in [6.45, 7) is 5.18. The number of ether oxygens (including phenoxy) is 1. The van der Waals surface area contributed by atoms with Gasteiger partial charge in [-0.15, -0.1) is 12.4 Å². The highest BCUT2D eigenvalue weighted by Gasteiger charge is 2.20.